The van der Waals surface area contributed by atoms with Crippen molar-refractivity contribution < 1.29 is 41.0 Å². The molecule has 1 N–H and O–H groups in total. The van der Waals surface area contributed by atoms with Crippen LogP contribution in [0.15, 0.2) is 36.4 Å². The van der Waals surface area contributed by atoms with Crippen LogP contribution in [0.1, 0.15) is 88.6 Å². The fourth-order valence-corrected chi connectivity index (χ4v) is 4.49. The van der Waals surface area contributed by atoms with Gasteiger partial charge in [0.25, 0.3) is 0 Å². The number of benzene rings is 2. The van der Waals surface area contributed by atoms with Crippen LogP contribution in [0.5, 0.6) is 0 Å². The second kappa shape index (κ2) is 14.5. The van der Waals surface area contributed by atoms with Gasteiger partial charge in [0, 0.05) is 5.56 Å². The predicted octanol–water partition coefficient (Wildman–Crippen LogP) is 8.77. The molecule has 5 nitrogen and oxygen atoms in total. The summed E-state index contributed by atoms with van der Waals surface area (Å²) in [6, 6.07) is 2.76. The first-order valence-electron chi connectivity index (χ1n) is 13.5. The van der Waals surface area contributed by atoms with Crippen molar-refractivity contribution in [1.29, 1.82) is 0 Å². The second-order valence-electron chi connectivity index (χ2n) is 10.7. The molecule has 0 aliphatic carbocycles. The summed E-state index contributed by atoms with van der Waals surface area (Å²) in [5.41, 5.74) is -1.98. The lowest BCUT2D eigenvalue weighted by Crippen LogP contribution is -2.36. The van der Waals surface area contributed by atoms with E-state index < -0.39 is 59.1 Å². The Balaban J connectivity index is 2.74. The van der Waals surface area contributed by atoms with Crippen molar-refractivity contribution in [3.63, 3.8) is 0 Å². The number of esters is 1. The first-order chi connectivity index (χ1) is 19.1. The maximum absolute atomic E-state index is 15.6. The summed E-state index contributed by atoms with van der Waals surface area (Å²) in [6.45, 7) is 9.70. The van der Waals surface area contributed by atoms with Gasteiger partial charge in [-0.25, -0.2) is 13.6 Å². The Kier molecular flexibility index (Phi) is 11.9. The first kappa shape index (κ1) is 33.8. The van der Waals surface area contributed by atoms with Gasteiger partial charge in [0.15, 0.2) is 0 Å². The van der Waals surface area contributed by atoms with Gasteiger partial charge in [-0.3, -0.25) is 4.79 Å². The number of allylic oxidation sites excluding steroid dienone is 2. The van der Waals surface area contributed by atoms with E-state index in [4.69, 9.17) is 9.47 Å². The van der Waals surface area contributed by atoms with Crippen LogP contribution >= 0.6 is 0 Å². The molecule has 0 bridgehead atoms. The number of hydrogen-bond acceptors (Lipinski definition) is 4. The lowest BCUT2D eigenvalue weighted by Gasteiger charge is -2.25. The van der Waals surface area contributed by atoms with Crippen molar-refractivity contribution in [2.75, 3.05) is 6.61 Å². The maximum atomic E-state index is 15.6. The van der Waals surface area contributed by atoms with Crippen molar-refractivity contribution in [2.24, 2.45) is 0 Å². The minimum Gasteiger partial charge on any atom is -0.466 e. The standard InChI is InChI=1S/C31H38F5NO4/c1-7-9-10-11-12-13-20-15-22(32)14-19(3)27(20)21-16-23(28(33)24(17-21)31(34,35)36)25(18-26(38)40-8-2)37-29(39)41-30(4,5)6/h7,9,14-17,25H,8,10-13,18H2,1-6H3,(H,37,39)/t25-/m0/s1. The third kappa shape index (κ3) is 10.2. The van der Waals surface area contributed by atoms with E-state index in [2.05, 4.69) is 5.32 Å². The van der Waals surface area contributed by atoms with Gasteiger partial charge < -0.3 is 14.8 Å². The van der Waals surface area contributed by atoms with E-state index in [-0.39, 0.29) is 12.2 Å². The van der Waals surface area contributed by atoms with Crippen molar-refractivity contribution in [2.45, 2.75) is 91.5 Å². The Hall–Kier alpha value is -3.43. The van der Waals surface area contributed by atoms with Crippen LogP contribution in [0.3, 0.4) is 0 Å². The summed E-state index contributed by atoms with van der Waals surface area (Å²) < 4.78 is 82.6. The minimum atomic E-state index is -5.10. The fourth-order valence-electron chi connectivity index (χ4n) is 4.49. The Labute approximate surface area is 238 Å². The topological polar surface area (TPSA) is 64.6 Å². The number of rotatable bonds is 11. The third-order valence-corrected chi connectivity index (χ3v) is 6.12. The highest BCUT2D eigenvalue weighted by Crippen LogP contribution is 2.40. The van der Waals surface area contributed by atoms with E-state index in [0.29, 0.717) is 35.6 Å². The van der Waals surface area contributed by atoms with Gasteiger partial charge in [-0.05, 0) is 114 Å². The van der Waals surface area contributed by atoms with Gasteiger partial charge in [0.1, 0.15) is 17.2 Å². The zero-order valence-electron chi connectivity index (χ0n) is 24.3. The number of carbonyl (C=O) groups excluding carboxylic acids is 2. The summed E-state index contributed by atoms with van der Waals surface area (Å²) in [5, 5.41) is 2.33. The Bertz CT molecular complexity index is 1250. The largest absolute Gasteiger partial charge is 0.466 e. The SMILES string of the molecule is CC=CCCCCc1cc(F)cc(C)c1-c1cc([C@H](CC(=O)OCC)NC(=O)OC(C)(C)C)c(F)c(C(F)(F)F)c1. The molecule has 0 spiro atoms. The number of amides is 1. The number of nitrogens with one attached hydrogen (secondary N) is 1. The van der Waals surface area contributed by atoms with Crippen LogP contribution in [0.4, 0.5) is 26.7 Å². The monoisotopic (exact) mass is 583 g/mol. The molecular formula is C31H38F5NO4. The number of carbonyl (C=O) groups is 2. The van der Waals surface area contributed by atoms with E-state index in [1.54, 1.807) is 27.7 Å². The molecule has 2 aromatic carbocycles. The minimum absolute atomic E-state index is 0.0190. The normalized spacial score (nSPS) is 12.9. The van der Waals surface area contributed by atoms with Crippen LogP contribution in [-0.2, 0) is 26.9 Å². The average Bonchev–Trinajstić information content (AvgIpc) is 2.82. The molecule has 0 heterocycles. The number of hydrogen-bond donors (Lipinski definition) is 1. The first-order valence-corrected chi connectivity index (χ1v) is 13.5. The molecule has 0 radical (unpaired) electrons. The summed E-state index contributed by atoms with van der Waals surface area (Å²) >= 11 is 0. The highest BCUT2D eigenvalue weighted by atomic mass is 19.4. The van der Waals surface area contributed by atoms with E-state index in [9.17, 15) is 27.2 Å². The highest BCUT2D eigenvalue weighted by molar-refractivity contribution is 5.76. The molecule has 41 heavy (non-hydrogen) atoms. The molecule has 2 rings (SSSR count). The van der Waals surface area contributed by atoms with Gasteiger partial charge in [-0.2, -0.15) is 13.2 Å². The van der Waals surface area contributed by atoms with Gasteiger partial charge in [0.05, 0.1) is 24.6 Å². The number of halogens is 5. The molecule has 0 saturated carbocycles. The van der Waals surface area contributed by atoms with Crippen LogP contribution in [0.2, 0.25) is 0 Å². The van der Waals surface area contributed by atoms with E-state index in [1.807, 2.05) is 19.1 Å². The zero-order chi connectivity index (χ0) is 31.0. The Morgan fingerprint density at radius 2 is 1.73 bits per heavy atom. The number of alkyl halides is 3. The van der Waals surface area contributed by atoms with Crippen molar-refractivity contribution in [3.05, 3.63) is 70.3 Å². The zero-order valence-corrected chi connectivity index (χ0v) is 24.3. The Morgan fingerprint density at radius 1 is 1.05 bits per heavy atom. The van der Waals surface area contributed by atoms with Gasteiger partial charge in [-0.1, -0.05) is 12.2 Å². The molecule has 0 aromatic heterocycles. The fraction of sp³-hybridized carbons (Fsp3) is 0.484. The van der Waals surface area contributed by atoms with Crippen LogP contribution in [0.25, 0.3) is 11.1 Å². The molecule has 1 amide bonds. The van der Waals surface area contributed by atoms with Crippen molar-refractivity contribution in [3.8, 4) is 11.1 Å². The highest BCUT2D eigenvalue weighted by Gasteiger charge is 2.38. The van der Waals surface area contributed by atoms with E-state index in [1.165, 1.54) is 19.1 Å². The molecular weight excluding hydrogens is 545 g/mol. The quantitative estimate of drug-likeness (QED) is 0.124. The predicted molar refractivity (Wildman–Crippen MR) is 147 cm³/mol. The number of alkyl carbamates (subject to hydrolysis) is 1. The lowest BCUT2D eigenvalue weighted by molar-refractivity contribution is -0.143. The molecule has 0 aliphatic rings. The molecule has 226 valence electrons. The molecule has 0 saturated heterocycles. The molecule has 1 atom stereocenters. The van der Waals surface area contributed by atoms with E-state index >= 15 is 4.39 Å². The van der Waals surface area contributed by atoms with Gasteiger partial charge >= 0.3 is 18.2 Å². The molecule has 10 heteroatoms. The van der Waals surface area contributed by atoms with Crippen molar-refractivity contribution >= 4 is 12.1 Å². The molecule has 0 fully saturated rings. The lowest BCUT2D eigenvalue weighted by atomic mass is 9.88. The summed E-state index contributed by atoms with van der Waals surface area (Å²) in [6.07, 6.45) is -0.303. The smallest absolute Gasteiger partial charge is 0.419 e. The number of unbranched alkanes of at least 4 members (excludes halogenated alkanes) is 2. The number of ether oxygens (including phenoxy) is 2. The van der Waals surface area contributed by atoms with Crippen molar-refractivity contribution in [1.82, 2.24) is 5.32 Å². The van der Waals surface area contributed by atoms with Gasteiger partial charge in [-0.15, -0.1) is 0 Å². The van der Waals surface area contributed by atoms with Crippen LogP contribution < -0.4 is 5.32 Å². The Morgan fingerprint density at radius 3 is 2.32 bits per heavy atom. The average molecular weight is 584 g/mol. The molecule has 2 aromatic rings. The van der Waals surface area contributed by atoms with Crippen LogP contribution in [-0.4, -0.2) is 24.3 Å². The maximum Gasteiger partial charge on any atom is 0.419 e. The van der Waals surface area contributed by atoms with E-state index in [0.717, 1.165) is 18.9 Å². The number of aryl methyl sites for hydroxylation is 2. The van der Waals surface area contributed by atoms with Gasteiger partial charge in [0.2, 0.25) is 0 Å². The molecule has 0 unspecified atom stereocenters. The molecule has 0 aliphatic heterocycles. The summed E-state index contributed by atoms with van der Waals surface area (Å²) in [4.78, 5) is 25.0. The summed E-state index contributed by atoms with van der Waals surface area (Å²) in [7, 11) is 0. The summed E-state index contributed by atoms with van der Waals surface area (Å²) in [5.74, 6) is -3.04. The van der Waals surface area contributed by atoms with Crippen LogP contribution in [0, 0.1) is 18.6 Å². The third-order valence-electron chi connectivity index (χ3n) is 6.12. The second-order valence-corrected chi connectivity index (χ2v) is 10.7.